The van der Waals surface area contributed by atoms with Gasteiger partial charge in [0.1, 0.15) is 5.75 Å². The van der Waals surface area contributed by atoms with Gasteiger partial charge in [-0.1, -0.05) is 0 Å². The van der Waals surface area contributed by atoms with Gasteiger partial charge in [-0.25, -0.2) is 0 Å². The van der Waals surface area contributed by atoms with Crippen molar-refractivity contribution in [3.63, 3.8) is 0 Å². The van der Waals surface area contributed by atoms with Gasteiger partial charge in [-0.05, 0) is 37.9 Å². The van der Waals surface area contributed by atoms with E-state index in [-0.39, 0.29) is 0 Å². The molecule has 4 heteroatoms. The molecule has 0 radical (unpaired) electrons. The number of aryl methyl sites for hydroxylation is 1. The standard InChI is InChI=1S/C13H21NO3/c1-4-17-13-9-11(15-2)10(6-5-7-14)8-12(13)16-3/h8-9H,4-7,14H2,1-3H3. The maximum atomic E-state index is 5.52. The van der Waals surface area contributed by atoms with Gasteiger partial charge in [0.05, 0.1) is 20.8 Å². The van der Waals surface area contributed by atoms with Gasteiger partial charge in [-0.2, -0.15) is 0 Å². The summed E-state index contributed by atoms with van der Waals surface area (Å²) in [6.07, 6.45) is 1.80. The fourth-order valence-corrected chi connectivity index (χ4v) is 1.69. The van der Waals surface area contributed by atoms with Crippen LogP contribution in [0.5, 0.6) is 17.2 Å². The molecule has 0 heterocycles. The normalized spacial score (nSPS) is 10.1. The van der Waals surface area contributed by atoms with Crippen molar-refractivity contribution in [2.75, 3.05) is 27.4 Å². The molecule has 4 nitrogen and oxygen atoms in total. The summed E-state index contributed by atoms with van der Waals surface area (Å²) >= 11 is 0. The van der Waals surface area contributed by atoms with Crippen LogP contribution in [-0.4, -0.2) is 27.4 Å². The molecule has 1 rings (SSSR count). The van der Waals surface area contributed by atoms with Crippen molar-refractivity contribution in [3.05, 3.63) is 17.7 Å². The molecule has 0 bridgehead atoms. The highest BCUT2D eigenvalue weighted by Crippen LogP contribution is 2.35. The highest BCUT2D eigenvalue weighted by molar-refractivity contribution is 5.50. The largest absolute Gasteiger partial charge is 0.496 e. The lowest BCUT2D eigenvalue weighted by Gasteiger charge is -2.14. The topological polar surface area (TPSA) is 53.7 Å². The predicted molar refractivity (Wildman–Crippen MR) is 68.1 cm³/mol. The smallest absolute Gasteiger partial charge is 0.164 e. The van der Waals surface area contributed by atoms with Crippen molar-refractivity contribution in [3.8, 4) is 17.2 Å². The van der Waals surface area contributed by atoms with Crippen LogP contribution in [0.1, 0.15) is 18.9 Å². The predicted octanol–water partition coefficient (Wildman–Crippen LogP) is 1.99. The van der Waals surface area contributed by atoms with Crippen LogP contribution in [0.15, 0.2) is 12.1 Å². The van der Waals surface area contributed by atoms with Crippen molar-refractivity contribution in [1.29, 1.82) is 0 Å². The Kier molecular flexibility index (Phi) is 5.63. The maximum Gasteiger partial charge on any atom is 0.164 e. The number of rotatable bonds is 7. The Morgan fingerprint density at radius 3 is 2.29 bits per heavy atom. The summed E-state index contributed by atoms with van der Waals surface area (Å²) in [5.41, 5.74) is 6.61. The molecule has 0 aliphatic heterocycles. The number of ether oxygens (including phenoxy) is 3. The van der Waals surface area contributed by atoms with E-state index in [0.29, 0.717) is 18.9 Å². The molecule has 0 saturated heterocycles. The number of hydrogen-bond acceptors (Lipinski definition) is 4. The molecule has 1 aromatic carbocycles. The number of benzene rings is 1. The fraction of sp³-hybridized carbons (Fsp3) is 0.538. The molecule has 0 aromatic heterocycles. The number of hydrogen-bond donors (Lipinski definition) is 1. The fourth-order valence-electron chi connectivity index (χ4n) is 1.69. The van der Waals surface area contributed by atoms with E-state index in [1.54, 1.807) is 14.2 Å². The molecular formula is C13H21NO3. The first-order chi connectivity index (χ1) is 8.26. The van der Waals surface area contributed by atoms with Crippen LogP contribution in [0.2, 0.25) is 0 Å². The molecule has 0 saturated carbocycles. The third-order valence-electron chi connectivity index (χ3n) is 2.52. The van der Waals surface area contributed by atoms with E-state index in [0.717, 1.165) is 29.9 Å². The highest BCUT2D eigenvalue weighted by Gasteiger charge is 2.11. The molecule has 2 N–H and O–H groups in total. The van der Waals surface area contributed by atoms with E-state index >= 15 is 0 Å². The molecule has 0 unspecified atom stereocenters. The minimum Gasteiger partial charge on any atom is -0.496 e. The summed E-state index contributed by atoms with van der Waals surface area (Å²) in [6, 6.07) is 3.83. The van der Waals surface area contributed by atoms with Gasteiger partial charge in [-0.3, -0.25) is 0 Å². The van der Waals surface area contributed by atoms with Gasteiger partial charge in [0.15, 0.2) is 11.5 Å². The van der Waals surface area contributed by atoms with E-state index in [2.05, 4.69) is 0 Å². The van der Waals surface area contributed by atoms with Crippen molar-refractivity contribution < 1.29 is 14.2 Å². The lowest BCUT2D eigenvalue weighted by atomic mass is 10.1. The zero-order valence-electron chi connectivity index (χ0n) is 10.8. The van der Waals surface area contributed by atoms with E-state index in [1.165, 1.54) is 0 Å². The van der Waals surface area contributed by atoms with Crippen LogP contribution in [0.4, 0.5) is 0 Å². The first-order valence-electron chi connectivity index (χ1n) is 5.84. The molecular weight excluding hydrogens is 218 g/mol. The van der Waals surface area contributed by atoms with Crippen molar-refractivity contribution >= 4 is 0 Å². The zero-order chi connectivity index (χ0) is 12.7. The zero-order valence-corrected chi connectivity index (χ0v) is 10.8. The van der Waals surface area contributed by atoms with Crippen LogP contribution < -0.4 is 19.9 Å². The molecule has 0 aliphatic rings. The van der Waals surface area contributed by atoms with Crippen molar-refractivity contribution in [1.82, 2.24) is 0 Å². The third-order valence-corrected chi connectivity index (χ3v) is 2.52. The lowest BCUT2D eigenvalue weighted by Crippen LogP contribution is -2.03. The van der Waals surface area contributed by atoms with E-state index in [9.17, 15) is 0 Å². The van der Waals surface area contributed by atoms with Crippen LogP contribution in [0.3, 0.4) is 0 Å². The van der Waals surface area contributed by atoms with Gasteiger partial charge < -0.3 is 19.9 Å². The van der Waals surface area contributed by atoms with Gasteiger partial charge in [0.2, 0.25) is 0 Å². The summed E-state index contributed by atoms with van der Waals surface area (Å²) in [7, 11) is 3.29. The van der Waals surface area contributed by atoms with Crippen molar-refractivity contribution in [2.24, 2.45) is 5.73 Å². The van der Waals surface area contributed by atoms with Crippen LogP contribution >= 0.6 is 0 Å². The molecule has 96 valence electrons. The second kappa shape index (κ2) is 7.01. The maximum absolute atomic E-state index is 5.52. The van der Waals surface area contributed by atoms with Gasteiger partial charge in [0.25, 0.3) is 0 Å². The average Bonchev–Trinajstić information content (AvgIpc) is 2.36. The second-order valence-corrected chi connectivity index (χ2v) is 3.64. The van der Waals surface area contributed by atoms with Crippen LogP contribution in [0, 0.1) is 0 Å². The number of methoxy groups -OCH3 is 2. The Morgan fingerprint density at radius 2 is 1.76 bits per heavy atom. The van der Waals surface area contributed by atoms with E-state index in [4.69, 9.17) is 19.9 Å². The van der Waals surface area contributed by atoms with Crippen molar-refractivity contribution in [2.45, 2.75) is 19.8 Å². The average molecular weight is 239 g/mol. The lowest BCUT2D eigenvalue weighted by molar-refractivity contribution is 0.307. The summed E-state index contributed by atoms with van der Waals surface area (Å²) in [5.74, 6) is 2.27. The van der Waals surface area contributed by atoms with Crippen LogP contribution in [-0.2, 0) is 6.42 Å². The molecule has 0 atom stereocenters. The van der Waals surface area contributed by atoms with Gasteiger partial charge in [0, 0.05) is 6.07 Å². The Hall–Kier alpha value is -1.42. The molecule has 1 aromatic rings. The highest BCUT2D eigenvalue weighted by atomic mass is 16.5. The minimum atomic E-state index is 0.599. The van der Waals surface area contributed by atoms with Gasteiger partial charge >= 0.3 is 0 Å². The van der Waals surface area contributed by atoms with Gasteiger partial charge in [-0.15, -0.1) is 0 Å². The molecule has 0 aliphatic carbocycles. The molecule has 0 fully saturated rings. The SMILES string of the molecule is CCOc1cc(OC)c(CCCN)cc1OC. The Balaban J connectivity index is 3.04. The summed E-state index contributed by atoms with van der Waals surface area (Å²) in [4.78, 5) is 0. The van der Waals surface area contributed by atoms with Crippen LogP contribution in [0.25, 0.3) is 0 Å². The minimum absolute atomic E-state index is 0.599. The first kappa shape index (κ1) is 13.6. The third kappa shape index (κ3) is 3.53. The molecule has 17 heavy (non-hydrogen) atoms. The van der Waals surface area contributed by atoms with E-state index < -0.39 is 0 Å². The number of nitrogens with two attached hydrogens (primary N) is 1. The quantitative estimate of drug-likeness (QED) is 0.790. The Labute approximate surface area is 103 Å². The van der Waals surface area contributed by atoms with E-state index in [1.807, 2.05) is 19.1 Å². The summed E-state index contributed by atoms with van der Waals surface area (Å²) in [6.45, 7) is 3.20. The Morgan fingerprint density at radius 1 is 1.06 bits per heavy atom. The monoisotopic (exact) mass is 239 g/mol. The molecule has 0 spiro atoms. The summed E-state index contributed by atoms with van der Waals surface area (Å²) < 4.78 is 16.2. The molecule has 0 amide bonds. The second-order valence-electron chi connectivity index (χ2n) is 3.64. The Bertz CT molecular complexity index is 353. The first-order valence-corrected chi connectivity index (χ1v) is 5.84. The summed E-state index contributed by atoms with van der Waals surface area (Å²) in [5, 5.41) is 0.